The number of allylic oxidation sites excluding steroid dienone is 2. The lowest BCUT2D eigenvalue weighted by Crippen LogP contribution is -2.50. The lowest BCUT2D eigenvalue weighted by atomic mass is 9.88. The second-order valence-corrected chi connectivity index (χ2v) is 34.9. The highest BCUT2D eigenvalue weighted by Crippen LogP contribution is 2.43. The first-order chi connectivity index (χ1) is 31.1. The summed E-state index contributed by atoms with van der Waals surface area (Å²) < 4.78 is 40.5. The van der Waals surface area contributed by atoms with E-state index < -0.39 is 60.6 Å². The minimum atomic E-state index is -2.14. The van der Waals surface area contributed by atoms with Crippen molar-refractivity contribution in [1.29, 1.82) is 0 Å². The third-order valence-electron chi connectivity index (χ3n) is 16.4. The van der Waals surface area contributed by atoms with Gasteiger partial charge in [0.15, 0.2) is 31.1 Å². The zero-order chi connectivity index (χ0) is 49.5. The van der Waals surface area contributed by atoms with Gasteiger partial charge < -0.3 is 42.4 Å². The van der Waals surface area contributed by atoms with E-state index in [9.17, 15) is 14.7 Å². The van der Waals surface area contributed by atoms with Gasteiger partial charge in [-0.3, -0.25) is 4.79 Å². The summed E-state index contributed by atoms with van der Waals surface area (Å²) in [5.74, 6) is -0.334. The number of carbonyl (C=O) groups excluding carboxylic acids is 2. The predicted molar refractivity (Wildman–Crippen MR) is 278 cm³/mol. The molecule has 0 spiro atoms. The fourth-order valence-electron chi connectivity index (χ4n) is 10.4. The van der Waals surface area contributed by atoms with Crippen molar-refractivity contribution in [3.05, 3.63) is 36.0 Å². The van der Waals surface area contributed by atoms with Crippen LogP contribution in [0, 0.1) is 11.8 Å². The topological polar surface area (TPSA) is 120 Å². The molecule has 3 aliphatic heterocycles. The molecular formula is C52H98N2O9Si3. The summed E-state index contributed by atoms with van der Waals surface area (Å²) in [6.07, 6.45) is 10.6. The zero-order valence-electron chi connectivity index (χ0n) is 44.8. The Kier molecular flexibility index (Phi) is 23.6. The van der Waals surface area contributed by atoms with E-state index in [1.807, 2.05) is 27.0 Å². The third kappa shape index (κ3) is 16.2. The highest BCUT2D eigenvalue weighted by molar-refractivity contribution is 6.74. The van der Waals surface area contributed by atoms with E-state index in [2.05, 4.69) is 106 Å². The Morgan fingerprint density at radius 1 is 0.909 bits per heavy atom. The Balaban J connectivity index is 2.00. The van der Waals surface area contributed by atoms with Crippen molar-refractivity contribution in [3.63, 3.8) is 0 Å². The van der Waals surface area contributed by atoms with Gasteiger partial charge in [-0.1, -0.05) is 107 Å². The minimum Gasteiger partial charge on any atom is -0.457 e. The molecule has 10 atom stereocenters. The number of piperazine rings is 1. The van der Waals surface area contributed by atoms with E-state index in [0.29, 0.717) is 19.5 Å². The largest absolute Gasteiger partial charge is 0.457 e. The van der Waals surface area contributed by atoms with Crippen molar-refractivity contribution in [1.82, 2.24) is 9.80 Å². The first-order valence-corrected chi connectivity index (χ1v) is 34.1. The smallest absolute Gasteiger partial charge is 0.410 e. The normalized spacial score (nSPS) is 29.1. The standard InChI is InChI=1S/C52H98N2O9Si3/c1-17-44(62-65(21-5,22-6)23-7)42(13)49-45(58-49)39-51(14,63-66(24-8,25-9)26-10)32-27-28-40(11)48-41(12)29-30-46(59-50(56)54-36-34-53(16)35-37-54)52(15,57)33-31-43(38-47(55)60-48)61-64(18-2,19-3)20-4/h27-30,32,41-46,48-49,57H,17-26,31,33-39H2,1-16H3/b30-29+,32-27+,40-28+/t41-,42+,43?,44-,45+,46-,48+,49+,51?,52+/m0/s1. The Hall–Kier alpha value is -1.63. The van der Waals surface area contributed by atoms with Gasteiger partial charge >= 0.3 is 12.1 Å². The van der Waals surface area contributed by atoms with E-state index in [-0.39, 0.29) is 49.0 Å². The molecule has 0 aliphatic carbocycles. The number of nitrogens with zero attached hydrogens (tertiary/aromatic N) is 2. The maximum absolute atomic E-state index is 14.1. The number of carbonyl (C=O) groups is 2. The number of esters is 1. The zero-order valence-corrected chi connectivity index (χ0v) is 47.8. The molecule has 0 aromatic rings. The highest BCUT2D eigenvalue weighted by atomic mass is 28.4. The number of epoxide rings is 1. The molecule has 2 unspecified atom stereocenters. The maximum atomic E-state index is 14.1. The summed E-state index contributed by atoms with van der Waals surface area (Å²) in [6, 6.07) is 9.33. The van der Waals surface area contributed by atoms with Crippen LogP contribution in [0.15, 0.2) is 36.0 Å². The van der Waals surface area contributed by atoms with Crippen molar-refractivity contribution in [3.8, 4) is 0 Å². The number of rotatable bonds is 24. The maximum Gasteiger partial charge on any atom is 0.410 e. The van der Waals surface area contributed by atoms with Gasteiger partial charge in [0.05, 0.1) is 30.3 Å². The number of ether oxygens (including phenoxy) is 3. The molecule has 0 bridgehead atoms. The van der Waals surface area contributed by atoms with Gasteiger partial charge in [0, 0.05) is 50.5 Å². The van der Waals surface area contributed by atoms with Crippen molar-refractivity contribution in [2.75, 3.05) is 33.2 Å². The molecule has 2 saturated heterocycles. The van der Waals surface area contributed by atoms with E-state index in [4.69, 9.17) is 27.5 Å². The molecule has 66 heavy (non-hydrogen) atoms. The molecule has 0 aromatic heterocycles. The molecular weight excluding hydrogens is 881 g/mol. The highest BCUT2D eigenvalue weighted by Gasteiger charge is 2.51. The van der Waals surface area contributed by atoms with Crippen molar-refractivity contribution >= 4 is 37.0 Å². The number of likely N-dealkylation sites (N-methyl/N-ethyl adjacent to an activating group) is 1. The average Bonchev–Trinajstić information content (AvgIpc) is 4.08. The molecule has 11 nitrogen and oxygen atoms in total. The molecule has 0 saturated carbocycles. The Morgan fingerprint density at radius 2 is 1.47 bits per heavy atom. The van der Waals surface area contributed by atoms with Gasteiger partial charge in [-0.2, -0.15) is 0 Å². The van der Waals surface area contributed by atoms with E-state index in [1.54, 1.807) is 17.9 Å². The number of cyclic esters (lactones) is 1. The summed E-state index contributed by atoms with van der Waals surface area (Å²) in [5, 5.41) is 12.1. The summed E-state index contributed by atoms with van der Waals surface area (Å²) in [4.78, 5) is 31.6. The number of aliphatic hydroxyl groups is 1. The summed E-state index contributed by atoms with van der Waals surface area (Å²) >= 11 is 0. The monoisotopic (exact) mass is 979 g/mol. The number of hydrogen-bond donors (Lipinski definition) is 1. The first kappa shape index (κ1) is 58.7. The van der Waals surface area contributed by atoms with E-state index in [0.717, 1.165) is 85.9 Å². The Bertz CT molecular complexity index is 1550. The summed E-state index contributed by atoms with van der Waals surface area (Å²) in [6.45, 7) is 35.4. The van der Waals surface area contributed by atoms with Crippen molar-refractivity contribution in [2.24, 2.45) is 11.8 Å². The lowest BCUT2D eigenvalue weighted by molar-refractivity contribution is -0.151. The van der Waals surface area contributed by atoms with Crippen LogP contribution in [-0.4, -0.2) is 133 Å². The van der Waals surface area contributed by atoms with Crippen LogP contribution in [-0.2, 0) is 32.3 Å². The molecule has 1 N–H and O–H groups in total. The van der Waals surface area contributed by atoms with Gasteiger partial charge in [-0.05, 0) is 113 Å². The molecule has 3 rings (SSSR count). The van der Waals surface area contributed by atoms with Crippen LogP contribution in [0.1, 0.15) is 136 Å². The quantitative estimate of drug-likeness (QED) is 0.0329. The van der Waals surface area contributed by atoms with Gasteiger partial charge in [0.2, 0.25) is 0 Å². The number of amides is 1. The summed E-state index contributed by atoms with van der Waals surface area (Å²) in [7, 11) is -3.92. The van der Waals surface area contributed by atoms with Crippen LogP contribution >= 0.6 is 0 Å². The van der Waals surface area contributed by atoms with Gasteiger partial charge in [0.1, 0.15) is 11.7 Å². The predicted octanol–water partition coefficient (Wildman–Crippen LogP) is 12.0. The van der Waals surface area contributed by atoms with Crippen molar-refractivity contribution < 1.29 is 42.2 Å². The van der Waals surface area contributed by atoms with Crippen LogP contribution in [0.3, 0.4) is 0 Å². The first-order valence-electron chi connectivity index (χ1n) is 26.5. The van der Waals surface area contributed by atoms with Gasteiger partial charge in [0.25, 0.3) is 0 Å². The number of hydrogen-bond acceptors (Lipinski definition) is 10. The second kappa shape index (κ2) is 26.5. The molecule has 0 aromatic carbocycles. The molecule has 1 amide bonds. The Morgan fingerprint density at radius 3 is 2.00 bits per heavy atom. The molecule has 0 radical (unpaired) electrons. The van der Waals surface area contributed by atoms with Crippen LogP contribution < -0.4 is 0 Å². The molecule has 3 heterocycles. The van der Waals surface area contributed by atoms with Crippen molar-refractivity contribution in [2.45, 2.75) is 238 Å². The van der Waals surface area contributed by atoms with E-state index in [1.165, 1.54) is 0 Å². The average molecular weight is 980 g/mol. The van der Waals surface area contributed by atoms with Crippen LogP contribution in [0.2, 0.25) is 54.4 Å². The SMILES string of the molecule is CC[C@H](O[Si](CC)(CC)CC)[C@@H](C)[C@H]1O[C@@H]1CC(C)(/C=C/C=C(\C)[C@H]1OC(=O)CC(O[Si](CC)(CC)CC)CC[C@@](C)(O)[C@@H](OC(=O)N2CCN(C)CC2)/C=C/[C@@H]1C)O[Si](CC)(CC)CC. The minimum absolute atomic E-state index is 0.0774. The molecule has 2 fully saturated rings. The Labute approximate surface area is 406 Å². The van der Waals surface area contributed by atoms with Gasteiger partial charge in [-0.15, -0.1) is 0 Å². The van der Waals surface area contributed by atoms with Crippen LogP contribution in [0.5, 0.6) is 0 Å². The summed E-state index contributed by atoms with van der Waals surface area (Å²) in [5.41, 5.74) is -1.09. The third-order valence-corrected chi connectivity index (χ3v) is 30.5. The molecule has 382 valence electrons. The van der Waals surface area contributed by atoms with Gasteiger partial charge in [-0.25, -0.2) is 4.79 Å². The van der Waals surface area contributed by atoms with Crippen LogP contribution in [0.4, 0.5) is 4.79 Å². The fraction of sp³-hybridized carbons (Fsp3) is 0.846. The molecule has 14 heteroatoms. The second-order valence-electron chi connectivity index (χ2n) is 20.8. The van der Waals surface area contributed by atoms with Crippen LogP contribution in [0.25, 0.3) is 0 Å². The lowest BCUT2D eigenvalue weighted by Gasteiger charge is -2.39. The van der Waals surface area contributed by atoms with E-state index >= 15 is 0 Å². The molecule has 3 aliphatic rings. The fourth-order valence-corrected chi connectivity index (χ4v) is 19.5.